The second-order valence-electron chi connectivity index (χ2n) is 6.11. The maximum absolute atomic E-state index is 11.9. The lowest BCUT2D eigenvalue weighted by Gasteiger charge is -2.39. The van der Waals surface area contributed by atoms with E-state index < -0.39 is 34.9 Å². The van der Waals surface area contributed by atoms with Gasteiger partial charge >= 0.3 is 5.97 Å². The summed E-state index contributed by atoms with van der Waals surface area (Å²) in [6, 6.07) is 0. The van der Waals surface area contributed by atoms with E-state index >= 15 is 0 Å². The number of hydrogen-bond acceptors (Lipinski definition) is 6. The van der Waals surface area contributed by atoms with Crippen LogP contribution in [0.2, 0.25) is 0 Å². The molecule has 2 rings (SSSR count). The Hall–Kier alpha value is -1.25. The second-order valence-corrected chi connectivity index (χ2v) is 6.69. The molecule has 0 aromatic carbocycles. The van der Waals surface area contributed by atoms with Gasteiger partial charge in [0.15, 0.2) is 0 Å². The minimum atomic E-state index is -2.67. The van der Waals surface area contributed by atoms with Crippen LogP contribution in [-0.2, 0) is 29.9 Å². The molecule has 0 aliphatic heterocycles. The first-order chi connectivity index (χ1) is 10.2. The average molecular weight is 330 g/mol. The first-order valence-corrected chi connectivity index (χ1v) is 8.16. The van der Waals surface area contributed by atoms with Crippen molar-refractivity contribution in [1.82, 2.24) is 5.32 Å². The molecule has 0 heterocycles. The third-order valence-electron chi connectivity index (χ3n) is 4.56. The second kappa shape index (κ2) is 6.47. The zero-order valence-corrected chi connectivity index (χ0v) is 13.4. The van der Waals surface area contributed by atoms with Crippen molar-refractivity contribution in [2.24, 2.45) is 11.8 Å². The molecule has 0 aromatic heterocycles. The van der Waals surface area contributed by atoms with Gasteiger partial charge in [0.05, 0.1) is 11.4 Å². The maximum atomic E-state index is 11.9. The molecule has 7 nitrogen and oxygen atoms in total. The van der Waals surface area contributed by atoms with Crippen molar-refractivity contribution in [3.63, 3.8) is 0 Å². The maximum Gasteiger partial charge on any atom is 0.325 e. The number of hydrogen-bond donors (Lipinski definition) is 1. The molecule has 1 N–H and O–H groups in total. The van der Waals surface area contributed by atoms with E-state index in [0.717, 1.165) is 19.3 Å². The summed E-state index contributed by atoms with van der Waals surface area (Å²) in [7, 11) is 0. The predicted octanol–water partition coefficient (Wildman–Crippen LogP) is 0.590. The van der Waals surface area contributed by atoms with Gasteiger partial charge in [-0.05, 0) is 44.9 Å². The summed E-state index contributed by atoms with van der Waals surface area (Å²) in [5.74, 6) is -0.888. The van der Waals surface area contributed by atoms with Gasteiger partial charge in [-0.2, -0.15) is 0 Å². The molecule has 8 heteroatoms. The lowest BCUT2D eigenvalue weighted by Crippen LogP contribution is -2.50. The van der Waals surface area contributed by atoms with Crippen LogP contribution in [0.15, 0.2) is 12.2 Å². The Labute approximate surface area is 131 Å². The van der Waals surface area contributed by atoms with Crippen molar-refractivity contribution in [3.8, 4) is 0 Å². The van der Waals surface area contributed by atoms with Crippen molar-refractivity contribution in [2.75, 3.05) is 6.54 Å². The van der Waals surface area contributed by atoms with E-state index in [1.807, 2.05) is 0 Å². The summed E-state index contributed by atoms with van der Waals surface area (Å²) < 4.78 is 32.3. The van der Waals surface area contributed by atoms with Crippen LogP contribution in [0.1, 0.15) is 33.1 Å². The van der Waals surface area contributed by atoms with Gasteiger partial charge in [0, 0.05) is 5.57 Å². The number of esters is 1. The van der Waals surface area contributed by atoms with Crippen LogP contribution in [0, 0.1) is 11.8 Å². The van der Waals surface area contributed by atoms with Gasteiger partial charge in [0.2, 0.25) is 5.91 Å². The van der Waals surface area contributed by atoms with E-state index in [-0.39, 0.29) is 18.4 Å². The molecular formula is C14H20NO6S-. The number of amides is 1. The number of carbonyl (C=O) groups is 2. The van der Waals surface area contributed by atoms with Crippen LogP contribution in [0.4, 0.5) is 0 Å². The fraction of sp³-hybridized carbons (Fsp3) is 0.714. The van der Waals surface area contributed by atoms with Gasteiger partial charge in [-0.25, -0.2) is 4.21 Å². The molecule has 2 fully saturated rings. The quantitative estimate of drug-likeness (QED) is 0.434. The minimum absolute atomic E-state index is 0.0539. The largest absolute Gasteiger partial charge is 0.750 e. The Bertz CT molecular complexity index is 521. The van der Waals surface area contributed by atoms with Crippen molar-refractivity contribution >= 4 is 23.2 Å². The van der Waals surface area contributed by atoms with Gasteiger partial charge in [-0.15, -0.1) is 0 Å². The van der Waals surface area contributed by atoms with Crippen LogP contribution in [0.3, 0.4) is 0 Å². The monoisotopic (exact) mass is 330 g/mol. The van der Waals surface area contributed by atoms with Gasteiger partial charge < -0.3 is 14.6 Å². The Morgan fingerprint density at radius 3 is 2.73 bits per heavy atom. The van der Waals surface area contributed by atoms with E-state index in [1.54, 1.807) is 6.92 Å². The Balaban J connectivity index is 1.98. The number of fused-ring (bicyclic) bond motifs is 2. The molecule has 22 heavy (non-hydrogen) atoms. The topological polar surface area (TPSA) is 105 Å². The number of ether oxygens (including phenoxy) is 1. The third kappa shape index (κ3) is 3.39. The molecule has 124 valence electrons. The average Bonchev–Trinajstić information content (AvgIpc) is 2.97. The number of nitrogens with one attached hydrogen (secondary N) is 1. The zero-order valence-electron chi connectivity index (χ0n) is 12.6. The third-order valence-corrected chi connectivity index (χ3v) is 5.06. The first-order valence-electron chi connectivity index (χ1n) is 7.16. The van der Waals surface area contributed by atoms with Crippen LogP contribution < -0.4 is 5.32 Å². The SMILES string of the molecule is C=C(C)C(=O)NCC(=O)OC1C2CCC(C2)C1(C)OS(=O)[O-]. The molecule has 2 bridgehead atoms. The highest BCUT2D eigenvalue weighted by Crippen LogP contribution is 2.54. The summed E-state index contributed by atoms with van der Waals surface area (Å²) in [5, 5.41) is 2.39. The molecule has 2 saturated carbocycles. The molecule has 2 aliphatic rings. The molecule has 0 spiro atoms. The molecule has 0 radical (unpaired) electrons. The summed E-state index contributed by atoms with van der Waals surface area (Å²) in [6.45, 7) is 6.39. The van der Waals surface area contributed by atoms with Crippen LogP contribution in [-0.4, -0.2) is 38.9 Å². The van der Waals surface area contributed by atoms with Crippen molar-refractivity contribution in [1.29, 1.82) is 0 Å². The normalized spacial score (nSPS) is 34.2. The molecule has 0 aromatic rings. The lowest BCUT2D eigenvalue weighted by molar-refractivity contribution is -0.165. The highest BCUT2D eigenvalue weighted by molar-refractivity contribution is 7.74. The highest BCUT2D eigenvalue weighted by atomic mass is 32.2. The van der Waals surface area contributed by atoms with Gasteiger partial charge in [-0.1, -0.05) is 6.58 Å². The van der Waals surface area contributed by atoms with Crippen molar-refractivity contribution < 1.29 is 27.3 Å². The molecule has 0 saturated heterocycles. The van der Waals surface area contributed by atoms with Crippen LogP contribution >= 0.6 is 0 Å². The van der Waals surface area contributed by atoms with E-state index in [2.05, 4.69) is 11.9 Å². The zero-order chi connectivity index (χ0) is 16.5. The highest BCUT2D eigenvalue weighted by Gasteiger charge is 2.59. The predicted molar refractivity (Wildman–Crippen MR) is 76.9 cm³/mol. The Morgan fingerprint density at radius 1 is 1.45 bits per heavy atom. The summed E-state index contributed by atoms with van der Waals surface area (Å²) >= 11 is -2.67. The van der Waals surface area contributed by atoms with Gasteiger partial charge in [0.25, 0.3) is 0 Å². The van der Waals surface area contributed by atoms with E-state index in [9.17, 15) is 18.4 Å². The smallest absolute Gasteiger partial charge is 0.325 e. The summed E-state index contributed by atoms with van der Waals surface area (Å²) in [6.07, 6.45) is 1.91. The molecule has 1 amide bonds. The number of rotatable bonds is 6. The van der Waals surface area contributed by atoms with Gasteiger partial charge in [-0.3, -0.25) is 13.8 Å². The van der Waals surface area contributed by atoms with Crippen LogP contribution in [0.25, 0.3) is 0 Å². The fourth-order valence-corrected chi connectivity index (χ4v) is 4.00. The van der Waals surface area contributed by atoms with E-state index in [4.69, 9.17) is 8.92 Å². The van der Waals surface area contributed by atoms with E-state index in [1.165, 1.54) is 6.92 Å². The van der Waals surface area contributed by atoms with E-state index in [0.29, 0.717) is 5.57 Å². The van der Waals surface area contributed by atoms with Crippen molar-refractivity contribution in [2.45, 2.75) is 44.8 Å². The van der Waals surface area contributed by atoms with Crippen LogP contribution in [0.5, 0.6) is 0 Å². The minimum Gasteiger partial charge on any atom is -0.750 e. The molecule has 5 unspecified atom stereocenters. The fourth-order valence-electron chi connectivity index (χ4n) is 3.47. The van der Waals surface area contributed by atoms with Crippen molar-refractivity contribution in [3.05, 3.63) is 12.2 Å². The lowest BCUT2D eigenvalue weighted by atomic mass is 9.83. The standard InChI is InChI=1S/C14H21NO6S/c1-8(2)13(17)15-7-11(16)20-12-9-4-5-10(6-9)14(12,3)21-22(18)19/h9-10,12H,1,4-7H2,2-3H3,(H,15,17)(H,18,19)/p-1. The first kappa shape index (κ1) is 17.1. The Kier molecular flexibility index (Phi) is 5.03. The number of carbonyl (C=O) groups excluding carboxylic acids is 2. The summed E-state index contributed by atoms with van der Waals surface area (Å²) in [4.78, 5) is 23.3. The van der Waals surface area contributed by atoms with Gasteiger partial charge in [0.1, 0.15) is 18.2 Å². The molecular weight excluding hydrogens is 310 g/mol. The summed E-state index contributed by atoms with van der Waals surface area (Å²) in [5.41, 5.74) is -0.730. The molecule has 2 aliphatic carbocycles. The Morgan fingerprint density at radius 2 is 2.14 bits per heavy atom. The molecule has 5 atom stereocenters.